The summed E-state index contributed by atoms with van der Waals surface area (Å²) in [5.41, 5.74) is 0.993. The van der Waals surface area contributed by atoms with Crippen molar-refractivity contribution in [2.75, 3.05) is 39.3 Å². The van der Waals surface area contributed by atoms with Gasteiger partial charge in [-0.05, 0) is 50.1 Å². The first-order valence-electron chi connectivity index (χ1n) is 12.6. The molecular formula is C26H37N3O6. The number of nitrogens with zero attached hydrogens (tertiary/aromatic N) is 3. The third-order valence-electron chi connectivity index (χ3n) is 7.82. The fourth-order valence-electron chi connectivity index (χ4n) is 5.21. The van der Waals surface area contributed by atoms with Crippen LogP contribution < -0.4 is 0 Å². The van der Waals surface area contributed by atoms with Crippen LogP contribution in [0.15, 0.2) is 30.3 Å². The van der Waals surface area contributed by atoms with Gasteiger partial charge in [-0.2, -0.15) is 0 Å². The Labute approximate surface area is 206 Å². The molecule has 2 heterocycles. The Hall–Kier alpha value is -2.65. The number of piperazine rings is 1. The van der Waals surface area contributed by atoms with Gasteiger partial charge < -0.3 is 19.5 Å². The number of β-amino-alcohol motifs (C(OH)–C–C–N with tert-alkyl or cyclic N) is 1. The largest absolute Gasteiger partial charge is 0.464 e. The number of ether oxygens (including phenoxy) is 2. The lowest BCUT2D eigenvalue weighted by molar-refractivity contribution is -0.145. The van der Waals surface area contributed by atoms with E-state index in [0.717, 1.165) is 31.4 Å². The molecule has 3 fully saturated rings. The summed E-state index contributed by atoms with van der Waals surface area (Å²) in [6, 6.07) is 8.77. The number of hydrogen-bond acceptors (Lipinski definition) is 7. The van der Waals surface area contributed by atoms with Crippen LogP contribution in [-0.2, 0) is 25.7 Å². The Balaban J connectivity index is 1.29. The summed E-state index contributed by atoms with van der Waals surface area (Å²) in [6.45, 7) is 6.28. The van der Waals surface area contributed by atoms with Crippen molar-refractivity contribution in [2.24, 2.45) is 5.41 Å². The molecule has 1 aromatic carbocycles. The molecule has 192 valence electrons. The molecule has 1 aliphatic carbocycles. The molecule has 0 unspecified atom stereocenters. The van der Waals surface area contributed by atoms with Gasteiger partial charge in [0.25, 0.3) is 0 Å². The zero-order chi connectivity index (χ0) is 25.0. The molecule has 0 aromatic heterocycles. The summed E-state index contributed by atoms with van der Waals surface area (Å²) in [5.74, 6) is -0.451. The highest BCUT2D eigenvalue weighted by atomic mass is 16.6. The number of rotatable bonds is 8. The number of aliphatic hydroxyl groups is 1. The third-order valence-corrected chi connectivity index (χ3v) is 7.82. The van der Waals surface area contributed by atoms with Crippen molar-refractivity contribution in [3.63, 3.8) is 0 Å². The van der Waals surface area contributed by atoms with Gasteiger partial charge in [-0.1, -0.05) is 30.3 Å². The van der Waals surface area contributed by atoms with E-state index in [0.29, 0.717) is 32.6 Å². The van der Waals surface area contributed by atoms with E-state index < -0.39 is 12.1 Å². The normalized spacial score (nSPS) is 24.8. The third kappa shape index (κ3) is 6.13. The van der Waals surface area contributed by atoms with Gasteiger partial charge in [0.2, 0.25) is 5.91 Å². The number of piperidine rings is 1. The number of carbonyl (C=O) groups is 3. The number of carbonyl (C=O) groups excluding carboxylic acids is 3. The maximum atomic E-state index is 13.1. The van der Waals surface area contributed by atoms with Gasteiger partial charge in [0, 0.05) is 39.1 Å². The van der Waals surface area contributed by atoms with Crippen molar-refractivity contribution in [3.05, 3.63) is 35.9 Å². The zero-order valence-electron chi connectivity index (χ0n) is 20.7. The minimum Gasteiger partial charge on any atom is -0.464 e. The molecule has 2 aliphatic heterocycles. The van der Waals surface area contributed by atoms with Crippen LogP contribution in [-0.4, -0.2) is 95.3 Å². The van der Waals surface area contributed by atoms with Crippen molar-refractivity contribution in [1.82, 2.24) is 14.7 Å². The zero-order valence-corrected chi connectivity index (χ0v) is 20.7. The minimum absolute atomic E-state index is 0.0679. The lowest BCUT2D eigenvalue weighted by atomic mass is 9.89. The van der Waals surface area contributed by atoms with E-state index in [2.05, 4.69) is 4.90 Å². The van der Waals surface area contributed by atoms with Crippen LogP contribution >= 0.6 is 0 Å². The quantitative estimate of drug-likeness (QED) is 0.560. The number of hydrogen-bond donors (Lipinski definition) is 1. The summed E-state index contributed by atoms with van der Waals surface area (Å²) < 4.78 is 10.7. The molecule has 1 aromatic rings. The van der Waals surface area contributed by atoms with Gasteiger partial charge >= 0.3 is 12.1 Å². The Kier molecular flexibility index (Phi) is 7.96. The molecule has 2 amide bonds. The summed E-state index contributed by atoms with van der Waals surface area (Å²) >= 11 is 0. The van der Waals surface area contributed by atoms with Gasteiger partial charge in [0.15, 0.2) is 0 Å². The summed E-state index contributed by atoms with van der Waals surface area (Å²) in [4.78, 5) is 42.5. The molecule has 2 saturated heterocycles. The molecular weight excluding hydrogens is 450 g/mol. The summed E-state index contributed by atoms with van der Waals surface area (Å²) in [6.07, 6.45) is 2.90. The molecule has 9 nitrogen and oxygen atoms in total. The lowest BCUT2D eigenvalue weighted by Crippen LogP contribution is -2.58. The van der Waals surface area contributed by atoms with Crippen LogP contribution in [0.4, 0.5) is 4.79 Å². The van der Waals surface area contributed by atoms with Crippen LogP contribution in [0.25, 0.3) is 0 Å². The van der Waals surface area contributed by atoms with Gasteiger partial charge in [-0.15, -0.1) is 0 Å². The summed E-state index contributed by atoms with van der Waals surface area (Å²) in [7, 11) is 0. The van der Waals surface area contributed by atoms with E-state index in [4.69, 9.17) is 9.47 Å². The highest BCUT2D eigenvalue weighted by Crippen LogP contribution is 2.53. The molecule has 1 spiro atoms. The molecule has 3 atom stereocenters. The van der Waals surface area contributed by atoms with Crippen LogP contribution in [0.2, 0.25) is 0 Å². The van der Waals surface area contributed by atoms with E-state index in [1.807, 2.05) is 30.3 Å². The Morgan fingerprint density at radius 1 is 1.11 bits per heavy atom. The average Bonchev–Trinajstić information content (AvgIpc) is 3.63. The molecule has 9 heteroatoms. The Morgan fingerprint density at radius 2 is 1.86 bits per heavy atom. The number of aliphatic hydroxyl groups excluding tert-OH is 1. The molecule has 0 radical (unpaired) electrons. The van der Waals surface area contributed by atoms with Crippen molar-refractivity contribution >= 4 is 18.0 Å². The Bertz CT molecular complexity index is 906. The van der Waals surface area contributed by atoms with Gasteiger partial charge in [0.1, 0.15) is 19.3 Å². The van der Waals surface area contributed by atoms with E-state index in [9.17, 15) is 19.5 Å². The number of benzene rings is 1. The van der Waals surface area contributed by atoms with Crippen molar-refractivity contribution < 1.29 is 29.0 Å². The number of likely N-dealkylation sites (tertiary alicyclic amines) is 1. The first kappa shape index (κ1) is 25.4. The fraction of sp³-hybridized carbons (Fsp3) is 0.654. The monoisotopic (exact) mass is 487 g/mol. The van der Waals surface area contributed by atoms with E-state index in [1.54, 1.807) is 11.8 Å². The SMILES string of the molecule is CC(=O)OC[C@H](CCN1CCN(C(=O)OCc2ccccc2)[C@@H](C)C1=O)N1CCC2(CC2)[C@H](O)C1. The van der Waals surface area contributed by atoms with Crippen molar-refractivity contribution in [2.45, 2.75) is 64.3 Å². The highest BCUT2D eigenvalue weighted by Gasteiger charge is 2.52. The maximum Gasteiger partial charge on any atom is 0.410 e. The lowest BCUT2D eigenvalue weighted by Gasteiger charge is -2.42. The Morgan fingerprint density at radius 3 is 2.51 bits per heavy atom. The smallest absolute Gasteiger partial charge is 0.410 e. The predicted octanol–water partition coefficient (Wildman–Crippen LogP) is 2.02. The maximum absolute atomic E-state index is 13.1. The van der Waals surface area contributed by atoms with Crippen molar-refractivity contribution in [1.29, 1.82) is 0 Å². The second-order valence-electron chi connectivity index (χ2n) is 10.1. The second kappa shape index (κ2) is 11.0. The molecule has 0 bridgehead atoms. The molecule has 1 N–H and O–H groups in total. The fourth-order valence-corrected chi connectivity index (χ4v) is 5.21. The standard InChI is InChI=1S/C26H37N3O6/c1-19-24(32)27(14-15-29(19)25(33)35-17-21-6-4-3-5-7-21)12-8-22(18-34-20(2)30)28-13-11-26(9-10-26)23(31)16-28/h3-7,19,22-23,31H,8-18H2,1-2H3/t19-,22-,23+/m0/s1. The minimum atomic E-state index is -0.606. The summed E-state index contributed by atoms with van der Waals surface area (Å²) in [5, 5.41) is 10.6. The topological polar surface area (TPSA) is 99.6 Å². The van der Waals surface area contributed by atoms with Gasteiger partial charge in [-0.25, -0.2) is 4.79 Å². The van der Waals surface area contributed by atoms with Crippen LogP contribution in [0.1, 0.15) is 45.1 Å². The van der Waals surface area contributed by atoms with Crippen molar-refractivity contribution in [3.8, 4) is 0 Å². The van der Waals surface area contributed by atoms with E-state index in [-0.39, 0.29) is 42.7 Å². The van der Waals surface area contributed by atoms with Gasteiger partial charge in [-0.3, -0.25) is 19.4 Å². The molecule has 3 aliphatic rings. The molecule has 35 heavy (non-hydrogen) atoms. The molecule has 4 rings (SSSR count). The van der Waals surface area contributed by atoms with Crippen LogP contribution in [0.3, 0.4) is 0 Å². The molecule has 1 saturated carbocycles. The first-order chi connectivity index (χ1) is 16.8. The van der Waals surface area contributed by atoms with E-state index in [1.165, 1.54) is 11.8 Å². The average molecular weight is 488 g/mol. The second-order valence-corrected chi connectivity index (χ2v) is 10.1. The number of esters is 1. The predicted molar refractivity (Wildman–Crippen MR) is 128 cm³/mol. The highest BCUT2D eigenvalue weighted by molar-refractivity contribution is 5.86. The van der Waals surface area contributed by atoms with E-state index >= 15 is 0 Å². The van der Waals surface area contributed by atoms with Crippen LogP contribution in [0.5, 0.6) is 0 Å². The number of amides is 2. The van der Waals surface area contributed by atoms with Gasteiger partial charge in [0.05, 0.1) is 6.10 Å². The first-order valence-corrected chi connectivity index (χ1v) is 12.6. The van der Waals surface area contributed by atoms with Crippen LogP contribution in [0, 0.1) is 5.41 Å².